The van der Waals surface area contributed by atoms with E-state index >= 15 is 0 Å². The van der Waals surface area contributed by atoms with E-state index in [1.165, 1.54) is 0 Å². The summed E-state index contributed by atoms with van der Waals surface area (Å²) in [6.07, 6.45) is 2.43. The van der Waals surface area contributed by atoms with Crippen LogP contribution in [-0.4, -0.2) is 22.4 Å². The molecule has 0 heterocycles. The highest BCUT2D eigenvalue weighted by Crippen LogP contribution is 2.06. The highest BCUT2D eigenvalue weighted by atomic mass is 16.3. The van der Waals surface area contributed by atoms with Gasteiger partial charge in [-0.1, -0.05) is 20.3 Å². The Labute approximate surface area is 62.9 Å². The molecule has 0 saturated carbocycles. The van der Waals surface area contributed by atoms with Crippen LogP contribution in [0.5, 0.6) is 0 Å². The van der Waals surface area contributed by atoms with Crippen LogP contribution in [0.25, 0.3) is 0 Å². The molecule has 0 aromatic rings. The molecule has 0 rings (SSSR count). The summed E-state index contributed by atoms with van der Waals surface area (Å²) < 4.78 is 0. The first-order valence-electron chi connectivity index (χ1n) is 4.06. The third-order valence-electron chi connectivity index (χ3n) is 1.64. The fourth-order valence-corrected chi connectivity index (χ4v) is 0.932. The van der Waals surface area contributed by atoms with Crippen LogP contribution in [0.4, 0.5) is 0 Å². The summed E-state index contributed by atoms with van der Waals surface area (Å²) in [6.45, 7) is 3.95. The lowest BCUT2D eigenvalue weighted by Crippen LogP contribution is -2.16. The van der Waals surface area contributed by atoms with Crippen molar-refractivity contribution in [2.24, 2.45) is 0 Å². The molecule has 0 bridgehead atoms. The molecule has 0 spiro atoms. The molecule has 0 aliphatic rings. The number of rotatable bonds is 5. The molecule has 62 valence electrons. The summed E-state index contributed by atoms with van der Waals surface area (Å²) in [5.74, 6) is 0. The lowest BCUT2D eigenvalue weighted by molar-refractivity contribution is 0.0733. The maximum atomic E-state index is 9.19. The van der Waals surface area contributed by atoms with Gasteiger partial charge in [-0.25, -0.2) is 0 Å². The fraction of sp³-hybridized carbons (Fsp3) is 1.00. The minimum Gasteiger partial charge on any atom is -0.393 e. The lowest BCUT2D eigenvalue weighted by Gasteiger charge is -2.12. The van der Waals surface area contributed by atoms with Gasteiger partial charge in [0.1, 0.15) is 0 Å². The third kappa shape index (κ3) is 4.77. The third-order valence-corrected chi connectivity index (χ3v) is 1.64. The summed E-state index contributed by atoms with van der Waals surface area (Å²) in [5.41, 5.74) is 0. The maximum Gasteiger partial charge on any atom is 0.0564 e. The van der Waals surface area contributed by atoms with Crippen molar-refractivity contribution in [3.63, 3.8) is 0 Å². The summed E-state index contributed by atoms with van der Waals surface area (Å²) in [6, 6.07) is 0. The Hall–Kier alpha value is -0.0800. The van der Waals surface area contributed by atoms with E-state index < -0.39 is 0 Å². The van der Waals surface area contributed by atoms with Crippen LogP contribution in [0, 0.1) is 0 Å². The van der Waals surface area contributed by atoms with E-state index in [9.17, 15) is 5.11 Å². The van der Waals surface area contributed by atoms with Crippen LogP contribution in [0.3, 0.4) is 0 Å². The molecule has 2 nitrogen and oxygen atoms in total. The summed E-state index contributed by atoms with van der Waals surface area (Å²) in [4.78, 5) is 0. The molecule has 0 amide bonds. The molecular weight excluding hydrogens is 128 g/mol. The Kier molecular flexibility index (Phi) is 5.64. The second-order valence-corrected chi connectivity index (χ2v) is 2.74. The quantitative estimate of drug-likeness (QED) is 0.614. The minimum atomic E-state index is -0.318. The first kappa shape index (κ1) is 9.92. The van der Waals surface area contributed by atoms with E-state index in [-0.39, 0.29) is 12.2 Å². The largest absolute Gasteiger partial charge is 0.393 e. The smallest absolute Gasteiger partial charge is 0.0564 e. The topological polar surface area (TPSA) is 40.5 Å². The van der Waals surface area contributed by atoms with Gasteiger partial charge in [0.25, 0.3) is 0 Å². The summed E-state index contributed by atoms with van der Waals surface area (Å²) >= 11 is 0. The zero-order valence-corrected chi connectivity index (χ0v) is 6.88. The number of hydrogen-bond donors (Lipinski definition) is 2. The van der Waals surface area contributed by atoms with E-state index in [0.717, 1.165) is 19.3 Å². The average molecular weight is 146 g/mol. The molecule has 0 aliphatic carbocycles. The Morgan fingerprint density at radius 2 is 1.70 bits per heavy atom. The van der Waals surface area contributed by atoms with Crippen LogP contribution < -0.4 is 0 Å². The van der Waals surface area contributed by atoms with Crippen molar-refractivity contribution >= 4 is 0 Å². The molecule has 0 fully saturated rings. The van der Waals surface area contributed by atoms with Gasteiger partial charge in [0, 0.05) is 0 Å². The molecule has 2 N–H and O–H groups in total. The predicted octanol–water partition coefficient (Wildman–Crippen LogP) is 1.31. The van der Waals surface area contributed by atoms with Gasteiger partial charge in [-0.3, -0.25) is 0 Å². The van der Waals surface area contributed by atoms with Gasteiger partial charge >= 0.3 is 0 Å². The predicted molar refractivity (Wildman–Crippen MR) is 41.8 cm³/mol. The molecule has 0 radical (unpaired) electrons. The van der Waals surface area contributed by atoms with Crippen LogP contribution in [0.15, 0.2) is 0 Å². The standard InChI is InChI=1S/C8H18O2/c1-3-5-8(10)6-7(9)4-2/h7-10H,3-6H2,1-2H3. The van der Waals surface area contributed by atoms with Crippen LogP contribution >= 0.6 is 0 Å². The highest BCUT2D eigenvalue weighted by molar-refractivity contribution is 4.60. The van der Waals surface area contributed by atoms with Crippen molar-refractivity contribution in [3.05, 3.63) is 0 Å². The molecule has 2 unspecified atom stereocenters. The molecule has 0 aromatic carbocycles. The van der Waals surface area contributed by atoms with Crippen molar-refractivity contribution in [1.29, 1.82) is 0 Å². The van der Waals surface area contributed by atoms with Crippen LogP contribution in [-0.2, 0) is 0 Å². The molecule has 2 heteroatoms. The first-order valence-corrected chi connectivity index (χ1v) is 4.06. The number of aliphatic hydroxyl groups excluding tert-OH is 2. The van der Waals surface area contributed by atoms with Crippen molar-refractivity contribution in [1.82, 2.24) is 0 Å². The van der Waals surface area contributed by atoms with Gasteiger partial charge in [-0.15, -0.1) is 0 Å². The highest BCUT2D eigenvalue weighted by Gasteiger charge is 2.08. The normalized spacial score (nSPS) is 16.8. The lowest BCUT2D eigenvalue weighted by atomic mass is 10.1. The van der Waals surface area contributed by atoms with Gasteiger partial charge in [0.15, 0.2) is 0 Å². The van der Waals surface area contributed by atoms with Crippen LogP contribution in [0.2, 0.25) is 0 Å². The molecule has 10 heavy (non-hydrogen) atoms. The molecule has 0 saturated heterocycles. The van der Waals surface area contributed by atoms with E-state index in [1.807, 2.05) is 13.8 Å². The van der Waals surface area contributed by atoms with Crippen molar-refractivity contribution < 1.29 is 10.2 Å². The second kappa shape index (κ2) is 5.69. The second-order valence-electron chi connectivity index (χ2n) is 2.74. The van der Waals surface area contributed by atoms with Crippen molar-refractivity contribution in [3.8, 4) is 0 Å². The average Bonchev–Trinajstić information content (AvgIpc) is 1.88. The van der Waals surface area contributed by atoms with Gasteiger partial charge in [-0.05, 0) is 19.3 Å². The van der Waals surface area contributed by atoms with Gasteiger partial charge in [-0.2, -0.15) is 0 Å². The molecule has 2 atom stereocenters. The minimum absolute atomic E-state index is 0.306. The van der Waals surface area contributed by atoms with E-state index in [0.29, 0.717) is 6.42 Å². The Morgan fingerprint density at radius 1 is 1.10 bits per heavy atom. The summed E-state index contributed by atoms with van der Waals surface area (Å²) in [5, 5.41) is 18.3. The zero-order chi connectivity index (χ0) is 7.98. The van der Waals surface area contributed by atoms with E-state index in [2.05, 4.69) is 0 Å². The van der Waals surface area contributed by atoms with Crippen molar-refractivity contribution in [2.45, 2.75) is 51.7 Å². The molecular formula is C8H18O2. The number of hydrogen-bond acceptors (Lipinski definition) is 2. The Balaban J connectivity index is 3.27. The van der Waals surface area contributed by atoms with Crippen LogP contribution in [0.1, 0.15) is 39.5 Å². The monoisotopic (exact) mass is 146 g/mol. The molecule has 0 aromatic heterocycles. The summed E-state index contributed by atoms with van der Waals surface area (Å²) in [7, 11) is 0. The number of aliphatic hydroxyl groups is 2. The SMILES string of the molecule is CCCC(O)CC(O)CC. The Bertz CT molecular complexity index is 73.7. The van der Waals surface area contributed by atoms with Gasteiger partial charge < -0.3 is 10.2 Å². The van der Waals surface area contributed by atoms with Crippen molar-refractivity contribution in [2.75, 3.05) is 0 Å². The van der Waals surface area contributed by atoms with Gasteiger partial charge in [0.2, 0.25) is 0 Å². The molecule has 0 aliphatic heterocycles. The Morgan fingerprint density at radius 3 is 2.10 bits per heavy atom. The van der Waals surface area contributed by atoms with E-state index in [1.54, 1.807) is 0 Å². The van der Waals surface area contributed by atoms with E-state index in [4.69, 9.17) is 5.11 Å². The first-order chi connectivity index (χ1) is 4.70. The fourth-order valence-electron chi connectivity index (χ4n) is 0.932. The maximum absolute atomic E-state index is 9.19. The zero-order valence-electron chi connectivity index (χ0n) is 6.88. The van der Waals surface area contributed by atoms with Gasteiger partial charge in [0.05, 0.1) is 12.2 Å².